The number of benzene rings is 2. The third-order valence-corrected chi connectivity index (χ3v) is 7.27. The Hall–Kier alpha value is -1.61. The van der Waals surface area contributed by atoms with E-state index >= 15 is 0 Å². The second-order valence-corrected chi connectivity index (χ2v) is 9.74. The fourth-order valence-electron chi connectivity index (χ4n) is 2.96. The van der Waals surface area contributed by atoms with E-state index in [-0.39, 0.29) is 24.0 Å². The molecule has 1 aliphatic heterocycles. The van der Waals surface area contributed by atoms with Gasteiger partial charge in [0.1, 0.15) is 0 Å². The van der Waals surface area contributed by atoms with Crippen molar-refractivity contribution in [2.24, 2.45) is 0 Å². The molecule has 150 valence electrons. The summed E-state index contributed by atoms with van der Waals surface area (Å²) in [7, 11) is -3.54. The Kier molecular flexibility index (Phi) is 6.98. The molecule has 0 spiro atoms. The zero-order chi connectivity index (χ0) is 20.1. The molecular weight excluding hydrogens is 466 g/mol. The maximum Gasteiger partial charge on any atom is 0.317 e. The maximum atomic E-state index is 12.7. The highest BCUT2D eigenvalue weighted by molar-refractivity contribution is 9.10. The van der Waals surface area contributed by atoms with Crippen molar-refractivity contribution in [2.75, 3.05) is 32.7 Å². The molecule has 0 aromatic heterocycles. The van der Waals surface area contributed by atoms with Gasteiger partial charge in [-0.3, -0.25) is 0 Å². The molecule has 1 fully saturated rings. The quantitative estimate of drug-likeness (QED) is 0.704. The number of carbonyl (C=O) groups excluding carboxylic acids is 1. The van der Waals surface area contributed by atoms with Crippen molar-refractivity contribution in [3.8, 4) is 0 Å². The van der Waals surface area contributed by atoms with Crippen LogP contribution >= 0.6 is 27.5 Å². The molecule has 9 heteroatoms. The van der Waals surface area contributed by atoms with E-state index in [2.05, 4.69) is 21.2 Å². The Morgan fingerprint density at radius 2 is 1.61 bits per heavy atom. The lowest BCUT2D eigenvalue weighted by molar-refractivity contribution is 0.172. The van der Waals surface area contributed by atoms with Crippen LogP contribution < -0.4 is 5.32 Å². The average molecular weight is 487 g/mol. The predicted octanol–water partition coefficient (Wildman–Crippen LogP) is 3.36. The van der Waals surface area contributed by atoms with Crippen molar-refractivity contribution >= 4 is 43.6 Å². The summed E-state index contributed by atoms with van der Waals surface area (Å²) in [6.07, 6.45) is 0.709. The minimum atomic E-state index is -3.54. The van der Waals surface area contributed by atoms with Crippen LogP contribution in [0.2, 0.25) is 5.02 Å². The third kappa shape index (κ3) is 5.26. The first-order valence-corrected chi connectivity index (χ1v) is 11.5. The van der Waals surface area contributed by atoms with Gasteiger partial charge in [-0.1, -0.05) is 39.7 Å². The summed E-state index contributed by atoms with van der Waals surface area (Å²) < 4.78 is 27.7. The standard InChI is InChI=1S/C19H21BrClN3O3S/c20-16-3-7-18(8-4-16)28(26,27)24-13-11-23(12-14-24)19(25)22-10-9-15-1-5-17(21)6-2-15/h1-8H,9-14H2,(H,22,25). The molecular formula is C19H21BrClN3O3S. The molecule has 0 atom stereocenters. The SMILES string of the molecule is O=C(NCCc1ccc(Cl)cc1)N1CCN(S(=O)(=O)c2ccc(Br)cc2)CC1. The molecule has 0 unspecified atom stereocenters. The van der Waals surface area contributed by atoms with Crippen LogP contribution in [0.4, 0.5) is 4.79 Å². The van der Waals surface area contributed by atoms with Gasteiger partial charge in [-0.15, -0.1) is 0 Å². The zero-order valence-electron chi connectivity index (χ0n) is 15.1. The number of sulfonamides is 1. The fourth-order valence-corrected chi connectivity index (χ4v) is 4.78. The van der Waals surface area contributed by atoms with Gasteiger partial charge in [-0.2, -0.15) is 4.31 Å². The minimum Gasteiger partial charge on any atom is -0.338 e. The lowest BCUT2D eigenvalue weighted by Gasteiger charge is -2.34. The lowest BCUT2D eigenvalue weighted by atomic mass is 10.1. The van der Waals surface area contributed by atoms with Gasteiger partial charge in [0.15, 0.2) is 0 Å². The highest BCUT2D eigenvalue weighted by Gasteiger charge is 2.29. The maximum absolute atomic E-state index is 12.7. The number of halogens is 2. The van der Waals surface area contributed by atoms with Crippen molar-refractivity contribution in [3.05, 3.63) is 63.6 Å². The van der Waals surface area contributed by atoms with E-state index in [0.29, 0.717) is 31.1 Å². The smallest absolute Gasteiger partial charge is 0.317 e. The molecule has 2 amide bonds. The highest BCUT2D eigenvalue weighted by atomic mass is 79.9. The Balaban J connectivity index is 1.48. The van der Waals surface area contributed by atoms with Crippen LogP contribution in [-0.2, 0) is 16.4 Å². The van der Waals surface area contributed by atoms with Gasteiger partial charge in [-0.25, -0.2) is 13.2 Å². The van der Waals surface area contributed by atoms with Crippen LogP contribution in [0.3, 0.4) is 0 Å². The number of urea groups is 1. The van der Waals surface area contributed by atoms with E-state index in [9.17, 15) is 13.2 Å². The van der Waals surface area contributed by atoms with E-state index in [1.54, 1.807) is 29.2 Å². The van der Waals surface area contributed by atoms with E-state index < -0.39 is 10.0 Å². The third-order valence-electron chi connectivity index (χ3n) is 4.58. The summed E-state index contributed by atoms with van der Waals surface area (Å²) in [5.41, 5.74) is 1.09. The summed E-state index contributed by atoms with van der Waals surface area (Å²) in [4.78, 5) is 14.2. The minimum absolute atomic E-state index is 0.172. The molecule has 1 N–H and O–H groups in total. The van der Waals surface area contributed by atoms with E-state index in [4.69, 9.17) is 11.6 Å². The van der Waals surface area contributed by atoms with Crippen LogP contribution in [-0.4, -0.2) is 56.4 Å². The van der Waals surface area contributed by atoms with E-state index in [0.717, 1.165) is 10.0 Å². The molecule has 3 rings (SSSR count). The molecule has 0 radical (unpaired) electrons. The van der Waals surface area contributed by atoms with Crippen LogP contribution in [0, 0.1) is 0 Å². The number of hydrogen-bond donors (Lipinski definition) is 1. The number of nitrogens with zero attached hydrogens (tertiary/aromatic N) is 2. The molecule has 0 bridgehead atoms. The van der Waals surface area contributed by atoms with Crippen molar-refractivity contribution < 1.29 is 13.2 Å². The van der Waals surface area contributed by atoms with Crippen molar-refractivity contribution in [2.45, 2.75) is 11.3 Å². The second-order valence-electron chi connectivity index (χ2n) is 6.45. The van der Waals surface area contributed by atoms with E-state index in [1.165, 1.54) is 4.31 Å². The van der Waals surface area contributed by atoms with Crippen molar-refractivity contribution in [1.82, 2.24) is 14.5 Å². The zero-order valence-corrected chi connectivity index (χ0v) is 18.3. The largest absolute Gasteiger partial charge is 0.338 e. The Morgan fingerprint density at radius 3 is 2.21 bits per heavy atom. The molecule has 2 aromatic rings. The van der Waals surface area contributed by atoms with Gasteiger partial charge in [0.2, 0.25) is 10.0 Å². The predicted molar refractivity (Wildman–Crippen MR) is 113 cm³/mol. The number of piperazine rings is 1. The van der Waals surface area contributed by atoms with Crippen molar-refractivity contribution in [3.63, 3.8) is 0 Å². The first-order chi connectivity index (χ1) is 13.4. The normalized spacial score (nSPS) is 15.4. The Bertz CT molecular complexity index is 912. The summed E-state index contributed by atoms with van der Waals surface area (Å²) in [5, 5.41) is 3.57. The molecule has 1 heterocycles. The van der Waals surface area contributed by atoms with Gasteiger partial charge in [0.25, 0.3) is 0 Å². The second kappa shape index (κ2) is 9.26. The topological polar surface area (TPSA) is 69.7 Å². The number of rotatable bonds is 5. The molecule has 1 saturated heterocycles. The lowest BCUT2D eigenvalue weighted by Crippen LogP contribution is -2.53. The summed E-state index contributed by atoms with van der Waals surface area (Å²) >= 11 is 9.17. The van der Waals surface area contributed by atoms with Gasteiger partial charge < -0.3 is 10.2 Å². The Labute approximate surface area is 178 Å². The molecule has 1 aliphatic rings. The summed E-state index contributed by atoms with van der Waals surface area (Å²) in [6, 6.07) is 13.9. The number of amides is 2. The number of carbonyl (C=O) groups is 1. The monoisotopic (exact) mass is 485 g/mol. The van der Waals surface area contributed by atoms with Gasteiger partial charge in [0.05, 0.1) is 4.90 Å². The number of hydrogen-bond acceptors (Lipinski definition) is 3. The summed E-state index contributed by atoms with van der Waals surface area (Å²) in [6.45, 7) is 1.80. The van der Waals surface area contributed by atoms with Gasteiger partial charge >= 0.3 is 6.03 Å². The van der Waals surface area contributed by atoms with Gasteiger partial charge in [-0.05, 0) is 48.4 Å². The van der Waals surface area contributed by atoms with Crippen LogP contribution in [0.1, 0.15) is 5.56 Å². The molecule has 6 nitrogen and oxygen atoms in total. The average Bonchev–Trinajstić information content (AvgIpc) is 2.70. The Morgan fingerprint density at radius 1 is 1.00 bits per heavy atom. The molecule has 0 aliphatic carbocycles. The first kappa shape index (κ1) is 21.1. The number of nitrogens with one attached hydrogen (secondary N) is 1. The van der Waals surface area contributed by atoms with Crippen molar-refractivity contribution in [1.29, 1.82) is 0 Å². The van der Waals surface area contributed by atoms with Gasteiger partial charge in [0, 0.05) is 42.2 Å². The molecule has 28 heavy (non-hydrogen) atoms. The van der Waals surface area contributed by atoms with E-state index in [1.807, 2.05) is 24.3 Å². The summed E-state index contributed by atoms with van der Waals surface area (Å²) in [5.74, 6) is 0. The van der Waals surface area contributed by atoms with Crippen LogP contribution in [0.15, 0.2) is 57.9 Å². The first-order valence-electron chi connectivity index (χ1n) is 8.89. The van der Waals surface area contributed by atoms with Crippen LogP contribution in [0.25, 0.3) is 0 Å². The van der Waals surface area contributed by atoms with Crippen LogP contribution in [0.5, 0.6) is 0 Å². The molecule has 0 saturated carbocycles. The highest BCUT2D eigenvalue weighted by Crippen LogP contribution is 2.20. The molecule has 2 aromatic carbocycles. The fraction of sp³-hybridized carbons (Fsp3) is 0.316.